The molecule has 6 heteroatoms. The molecule has 0 fully saturated rings. The van der Waals surface area contributed by atoms with Gasteiger partial charge in [0, 0.05) is 21.9 Å². The summed E-state index contributed by atoms with van der Waals surface area (Å²) in [5, 5.41) is 8.52. The Hall–Kier alpha value is -3.12. The first kappa shape index (κ1) is 19.6. The normalized spacial score (nSPS) is 10.4. The Balaban J connectivity index is 1.70. The number of carbonyl (C=O) groups excluding carboxylic acids is 2. The second-order valence-corrected chi connectivity index (χ2v) is 7.64. The Morgan fingerprint density at radius 1 is 0.857 bits per heavy atom. The second kappa shape index (κ2) is 8.71. The minimum Gasteiger partial charge on any atom is -0.321 e. The van der Waals surface area contributed by atoms with E-state index in [4.69, 9.17) is 0 Å². The maximum absolute atomic E-state index is 12.6. The van der Waals surface area contributed by atoms with E-state index in [9.17, 15) is 9.59 Å². The molecule has 0 aliphatic rings. The molecule has 1 heterocycles. The summed E-state index contributed by atoms with van der Waals surface area (Å²) < 4.78 is 0. The van der Waals surface area contributed by atoms with E-state index < -0.39 is 0 Å². The van der Waals surface area contributed by atoms with Gasteiger partial charge in [-0.3, -0.25) is 4.79 Å². The van der Waals surface area contributed by atoms with E-state index in [1.807, 2.05) is 56.3 Å². The van der Waals surface area contributed by atoms with Gasteiger partial charge in [-0.05, 0) is 61.7 Å². The van der Waals surface area contributed by atoms with Gasteiger partial charge < -0.3 is 16.0 Å². The van der Waals surface area contributed by atoms with Gasteiger partial charge in [-0.2, -0.15) is 0 Å². The Bertz CT molecular complexity index is 996. The zero-order valence-electron chi connectivity index (χ0n) is 16.1. The summed E-state index contributed by atoms with van der Waals surface area (Å²) >= 11 is 1.52. The number of benzene rings is 2. The Kier molecular flexibility index (Phi) is 6.11. The standard InChI is InChI=1S/C22H23N3O2S/c1-4-19-15(3)12-20(28-19)21(26)25-18-13-17(11-10-14(18)2)24-22(27)23-16-8-6-5-7-9-16/h5-13H,4H2,1-3H3,(H,25,26)(H2,23,24,27). The number of nitrogens with one attached hydrogen (secondary N) is 3. The lowest BCUT2D eigenvalue weighted by Gasteiger charge is -2.12. The van der Waals surface area contributed by atoms with Crippen LogP contribution in [0.2, 0.25) is 0 Å². The van der Waals surface area contributed by atoms with Gasteiger partial charge in [0.1, 0.15) is 0 Å². The fourth-order valence-corrected chi connectivity index (χ4v) is 3.83. The van der Waals surface area contributed by atoms with Gasteiger partial charge >= 0.3 is 6.03 Å². The largest absolute Gasteiger partial charge is 0.323 e. The highest BCUT2D eigenvalue weighted by molar-refractivity contribution is 7.14. The Morgan fingerprint density at radius 3 is 2.25 bits per heavy atom. The fourth-order valence-electron chi connectivity index (χ4n) is 2.82. The summed E-state index contributed by atoms with van der Waals surface area (Å²) in [6.45, 7) is 6.02. The molecule has 2 aromatic carbocycles. The first-order chi connectivity index (χ1) is 13.5. The minimum absolute atomic E-state index is 0.137. The molecule has 5 nitrogen and oxygen atoms in total. The molecule has 3 aromatic rings. The number of aryl methyl sites for hydroxylation is 3. The van der Waals surface area contributed by atoms with Crippen molar-refractivity contribution in [3.63, 3.8) is 0 Å². The van der Waals surface area contributed by atoms with Gasteiger partial charge in [-0.25, -0.2) is 4.79 Å². The van der Waals surface area contributed by atoms with Gasteiger partial charge in [-0.1, -0.05) is 31.2 Å². The molecule has 3 N–H and O–H groups in total. The van der Waals surface area contributed by atoms with Crippen LogP contribution in [0.25, 0.3) is 0 Å². The molecule has 0 spiro atoms. The smallest absolute Gasteiger partial charge is 0.321 e. The van der Waals surface area contributed by atoms with E-state index in [0.29, 0.717) is 21.9 Å². The zero-order chi connectivity index (χ0) is 20.1. The molecule has 0 aliphatic heterocycles. The predicted octanol–water partition coefficient (Wildman–Crippen LogP) is 5.82. The topological polar surface area (TPSA) is 70.2 Å². The SMILES string of the molecule is CCc1sc(C(=O)Nc2cc(NC(=O)Nc3ccccc3)ccc2C)cc1C. The summed E-state index contributed by atoms with van der Waals surface area (Å²) in [7, 11) is 0. The van der Waals surface area contributed by atoms with Crippen molar-refractivity contribution >= 4 is 40.3 Å². The van der Waals surface area contributed by atoms with Gasteiger partial charge in [0.05, 0.1) is 4.88 Å². The summed E-state index contributed by atoms with van der Waals surface area (Å²) in [5.41, 5.74) is 4.05. The van der Waals surface area contributed by atoms with Crippen molar-refractivity contribution in [1.82, 2.24) is 0 Å². The summed E-state index contributed by atoms with van der Waals surface area (Å²) in [6, 6.07) is 16.2. The third-order valence-corrected chi connectivity index (χ3v) is 5.72. The first-order valence-corrected chi connectivity index (χ1v) is 9.92. The van der Waals surface area contributed by atoms with Crippen molar-refractivity contribution in [3.05, 3.63) is 75.5 Å². The minimum atomic E-state index is -0.339. The summed E-state index contributed by atoms with van der Waals surface area (Å²) in [4.78, 5) is 26.7. The van der Waals surface area contributed by atoms with E-state index in [2.05, 4.69) is 22.9 Å². The van der Waals surface area contributed by atoms with Crippen LogP contribution in [-0.2, 0) is 6.42 Å². The van der Waals surface area contributed by atoms with Crippen LogP contribution in [0.3, 0.4) is 0 Å². The van der Waals surface area contributed by atoms with Crippen molar-refractivity contribution in [1.29, 1.82) is 0 Å². The average Bonchev–Trinajstić information content (AvgIpc) is 3.06. The van der Waals surface area contributed by atoms with Gasteiger partial charge in [0.2, 0.25) is 0 Å². The molecular formula is C22H23N3O2S. The van der Waals surface area contributed by atoms with Crippen LogP contribution in [0.5, 0.6) is 0 Å². The highest BCUT2D eigenvalue weighted by Crippen LogP contribution is 2.25. The van der Waals surface area contributed by atoms with E-state index in [1.54, 1.807) is 12.1 Å². The van der Waals surface area contributed by atoms with Crippen LogP contribution in [-0.4, -0.2) is 11.9 Å². The molecular weight excluding hydrogens is 370 g/mol. The Labute approximate surface area is 168 Å². The molecule has 3 rings (SSSR count). The highest BCUT2D eigenvalue weighted by atomic mass is 32.1. The van der Waals surface area contributed by atoms with Crippen molar-refractivity contribution in [2.24, 2.45) is 0 Å². The van der Waals surface area contributed by atoms with E-state index in [0.717, 1.165) is 17.5 Å². The highest BCUT2D eigenvalue weighted by Gasteiger charge is 2.13. The van der Waals surface area contributed by atoms with Gasteiger partial charge in [-0.15, -0.1) is 11.3 Å². The quantitative estimate of drug-likeness (QED) is 0.511. The third kappa shape index (κ3) is 4.78. The predicted molar refractivity (Wildman–Crippen MR) is 117 cm³/mol. The number of anilines is 3. The molecule has 0 bridgehead atoms. The second-order valence-electron chi connectivity index (χ2n) is 6.50. The number of amides is 3. The molecule has 28 heavy (non-hydrogen) atoms. The van der Waals surface area contributed by atoms with E-state index in [1.165, 1.54) is 16.2 Å². The van der Waals surface area contributed by atoms with Crippen LogP contribution < -0.4 is 16.0 Å². The lowest BCUT2D eigenvalue weighted by Crippen LogP contribution is -2.19. The number of urea groups is 1. The van der Waals surface area contributed by atoms with Crippen LogP contribution in [0, 0.1) is 13.8 Å². The third-order valence-electron chi connectivity index (χ3n) is 4.34. The number of rotatable bonds is 5. The maximum Gasteiger partial charge on any atom is 0.323 e. The summed E-state index contributed by atoms with van der Waals surface area (Å²) in [5.74, 6) is -0.137. The number of hydrogen-bond acceptors (Lipinski definition) is 3. The zero-order valence-corrected chi connectivity index (χ0v) is 16.9. The van der Waals surface area contributed by atoms with E-state index >= 15 is 0 Å². The van der Waals surface area contributed by atoms with Crippen LogP contribution in [0.1, 0.15) is 32.6 Å². The molecule has 0 radical (unpaired) electrons. The molecule has 0 saturated heterocycles. The van der Waals surface area contributed by atoms with Gasteiger partial charge in [0.25, 0.3) is 5.91 Å². The first-order valence-electron chi connectivity index (χ1n) is 9.10. The number of para-hydroxylation sites is 1. The monoisotopic (exact) mass is 393 g/mol. The van der Waals surface area contributed by atoms with Crippen LogP contribution in [0.4, 0.5) is 21.9 Å². The van der Waals surface area contributed by atoms with Crippen molar-refractivity contribution in [2.45, 2.75) is 27.2 Å². The van der Waals surface area contributed by atoms with Crippen LogP contribution in [0.15, 0.2) is 54.6 Å². The molecule has 1 aromatic heterocycles. The Morgan fingerprint density at radius 2 is 1.57 bits per heavy atom. The maximum atomic E-state index is 12.6. The average molecular weight is 394 g/mol. The van der Waals surface area contributed by atoms with E-state index in [-0.39, 0.29) is 11.9 Å². The lowest BCUT2D eigenvalue weighted by molar-refractivity contribution is 0.103. The van der Waals surface area contributed by atoms with Gasteiger partial charge in [0.15, 0.2) is 0 Å². The molecule has 0 atom stereocenters. The van der Waals surface area contributed by atoms with Crippen molar-refractivity contribution in [2.75, 3.05) is 16.0 Å². The summed E-state index contributed by atoms with van der Waals surface area (Å²) in [6.07, 6.45) is 0.915. The lowest BCUT2D eigenvalue weighted by atomic mass is 10.1. The number of hydrogen-bond donors (Lipinski definition) is 3. The number of thiophene rings is 1. The molecule has 3 amide bonds. The molecule has 0 saturated carbocycles. The van der Waals surface area contributed by atoms with Crippen LogP contribution >= 0.6 is 11.3 Å². The molecule has 0 aliphatic carbocycles. The van der Waals surface area contributed by atoms with Crippen molar-refractivity contribution in [3.8, 4) is 0 Å². The molecule has 144 valence electrons. The number of carbonyl (C=O) groups is 2. The van der Waals surface area contributed by atoms with Crippen molar-refractivity contribution < 1.29 is 9.59 Å². The molecule has 0 unspecified atom stereocenters. The fraction of sp³-hybridized carbons (Fsp3) is 0.182.